The number of unbranched alkanes of at least 4 members (excludes halogenated alkanes) is 1. The van der Waals surface area contributed by atoms with Crippen molar-refractivity contribution in [2.75, 3.05) is 6.61 Å². The average molecular weight is 392 g/mol. The predicted octanol–water partition coefficient (Wildman–Crippen LogP) is 5.86. The van der Waals surface area contributed by atoms with Gasteiger partial charge >= 0.3 is 0 Å². The first-order chi connectivity index (χ1) is 12.6. The number of hydrogen-bond acceptors (Lipinski definition) is 5. The van der Waals surface area contributed by atoms with Gasteiger partial charge < -0.3 is 9.26 Å². The molecule has 1 fully saturated rings. The fraction of sp³-hybridized carbons (Fsp3) is 0.421. The zero-order valence-corrected chi connectivity index (χ0v) is 16.0. The highest BCUT2D eigenvalue weighted by molar-refractivity contribution is 6.36. The molecule has 0 atom stereocenters. The van der Waals surface area contributed by atoms with Gasteiger partial charge in [0.2, 0.25) is 5.58 Å². The van der Waals surface area contributed by atoms with Gasteiger partial charge in [-0.1, -0.05) is 47.6 Å². The minimum absolute atomic E-state index is 0.433. The molecule has 5 nitrogen and oxygen atoms in total. The van der Waals surface area contributed by atoms with Crippen LogP contribution in [0.2, 0.25) is 10.0 Å². The van der Waals surface area contributed by atoms with E-state index in [0.717, 1.165) is 12.3 Å². The Labute approximate surface area is 161 Å². The largest absolute Gasteiger partial charge is 0.475 e. The standard InChI is InChI=1S/C19H19Cl2N3O2/c1-11-22-17-16(14-8-7-13(20)10-15(14)21)24-26-18(17)19(23-11)25-9-3-2-4-12-5-6-12/h7-8,10,12H,2-6,9H2,1H3. The minimum atomic E-state index is 0.433. The van der Waals surface area contributed by atoms with Crippen LogP contribution in [0, 0.1) is 12.8 Å². The first-order valence-corrected chi connectivity index (χ1v) is 9.59. The molecule has 0 radical (unpaired) electrons. The number of ether oxygens (including phenoxy) is 1. The molecule has 2 aromatic heterocycles. The van der Waals surface area contributed by atoms with Crippen LogP contribution in [0.3, 0.4) is 0 Å². The third-order valence-electron chi connectivity index (χ3n) is 4.53. The van der Waals surface area contributed by atoms with Gasteiger partial charge in [-0.3, -0.25) is 0 Å². The fourth-order valence-corrected chi connectivity index (χ4v) is 3.48. The number of benzene rings is 1. The van der Waals surface area contributed by atoms with Crippen LogP contribution < -0.4 is 4.74 Å². The van der Waals surface area contributed by atoms with Crippen molar-refractivity contribution in [1.82, 2.24) is 15.1 Å². The topological polar surface area (TPSA) is 61.0 Å². The molecule has 0 N–H and O–H groups in total. The highest BCUT2D eigenvalue weighted by Gasteiger charge is 2.21. The molecule has 0 saturated heterocycles. The Morgan fingerprint density at radius 1 is 1.19 bits per heavy atom. The molecule has 1 aliphatic carbocycles. The molecule has 0 spiro atoms. The summed E-state index contributed by atoms with van der Waals surface area (Å²) < 4.78 is 11.4. The maximum absolute atomic E-state index is 6.31. The Morgan fingerprint density at radius 3 is 2.81 bits per heavy atom. The second-order valence-corrected chi connectivity index (χ2v) is 7.54. The molecule has 0 amide bonds. The van der Waals surface area contributed by atoms with Gasteiger partial charge in [-0.2, -0.15) is 4.98 Å². The number of rotatable bonds is 7. The minimum Gasteiger partial charge on any atom is -0.475 e. The van der Waals surface area contributed by atoms with E-state index in [2.05, 4.69) is 15.1 Å². The maximum atomic E-state index is 6.31. The van der Waals surface area contributed by atoms with Crippen molar-refractivity contribution >= 4 is 34.3 Å². The molecule has 0 aliphatic heterocycles. The zero-order valence-electron chi connectivity index (χ0n) is 14.5. The molecule has 3 aromatic rings. The number of fused-ring (bicyclic) bond motifs is 1. The normalized spacial score (nSPS) is 14.1. The summed E-state index contributed by atoms with van der Waals surface area (Å²) in [5, 5.41) is 5.20. The molecule has 1 aliphatic rings. The van der Waals surface area contributed by atoms with Gasteiger partial charge in [0.25, 0.3) is 5.88 Å². The van der Waals surface area contributed by atoms with Gasteiger partial charge in [0.1, 0.15) is 17.0 Å². The quantitative estimate of drug-likeness (QED) is 0.472. The third kappa shape index (κ3) is 3.79. The van der Waals surface area contributed by atoms with E-state index < -0.39 is 0 Å². The van der Waals surface area contributed by atoms with Crippen LogP contribution in [-0.4, -0.2) is 21.7 Å². The van der Waals surface area contributed by atoms with E-state index in [0.29, 0.717) is 50.7 Å². The molecular weight excluding hydrogens is 373 g/mol. The lowest BCUT2D eigenvalue weighted by Crippen LogP contribution is -2.01. The first-order valence-electron chi connectivity index (χ1n) is 8.84. The predicted molar refractivity (Wildman–Crippen MR) is 102 cm³/mol. The van der Waals surface area contributed by atoms with Gasteiger partial charge in [0, 0.05) is 10.6 Å². The molecule has 2 heterocycles. The lowest BCUT2D eigenvalue weighted by molar-refractivity contribution is 0.288. The van der Waals surface area contributed by atoms with Crippen molar-refractivity contribution in [1.29, 1.82) is 0 Å². The van der Waals surface area contributed by atoms with Crippen molar-refractivity contribution in [2.45, 2.75) is 39.0 Å². The SMILES string of the molecule is Cc1nc(OCCCCC2CC2)c2onc(-c3ccc(Cl)cc3Cl)c2n1. The van der Waals surface area contributed by atoms with Crippen LogP contribution in [0.15, 0.2) is 22.7 Å². The molecule has 26 heavy (non-hydrogen) atoms. The summed E-state index contributed by atoms with van der Waals surface area (Å²) in [5.41, 5.74) is 2.31. The van der Waals surface area contributed by atoms with Crippen LogP contribution in [-0.2, 0) is 0 Å². The van der Waals surface area contributed by atoms with Gasteiger partial charge in [0.15, 0.2) is 0 Å². The van der Waals surface area contributed by atoms with Crippen molar-refractivity contribution in [3.8, 4) is 17.1 Å². The van der Waals surface area contributed by atoms with Gasteiger partial charge in [0.05, 0.1) is 11.6 Å². The van der Waals surface area contributed by atoms with E-state index in [9.17, 15) is 0 Å². The molecule has 1 aromatic carbocycles. The van der Waals surface area contributed by atoms with Crippen molar-refractivity contribution in [3.63, 3.8) is 0 Å². The van der Waals surface area contributed by atoms with Crippen molar-refractivity contribution in [3.05, 3.63) is 34.1 Å². The van der Waals surface area contributed by atoms with Crippen molar-refractivity contribution < 1.29 is 9.26 Å². The van der Waals surface area contributed by atoms with Crippen LogP contribution >= 0.6 is 23.2 Å². The summed E-state index contributed by atoms with van der Waals surface area (Å²) in [6.07, 6.45) is 6.26. The molecule has 1 saturated carbocycles. The third-order valence-corrected chi connectivity index (χ3v) is 5.08. The van der Waals surface area contributed by atoms with Crippen LogP contribution in [0.1, 0.15) is 37.9 Å². The Balaban J connectivity index is 1.58. The Morgan fingerprint density at radius 2 is 2.04 bits per heavy atom. The number of halogens is 2. The highest BCUT2D eigenvalue weighted by atomic mass is 35.5. The van der Waals surface area contributed by atoms with Crippen LogP contribution in [0.4, 0.5) is 0 Å². The van der Waals surface area contributed by atoms with Gasteiger partial charge in [-0.05, 0) is 43.9 Å². The van der Waals surface area contributed by atoms with E-state index in [1.54, 1.807) is 18.2 Å². The van der Waals surface area contributed by atoms with E-state index in [1.165, 1.54) is 25.7 Å². The summed E-state index contributed by atoms with van der Waals surface area (Å²) in [7, 11) is 0. The molecule has 4 rings (SSSR count). The van der Waals surface area contributed by atoms with E-state index in [4.69, 9.17) is 32.5 Å². The first kappa shape index (κ1) is 17.6. The summed E-state index contributed by atoms with van der Waals surface area (Å²) in [6.45, 7) is 2.43. The van der Waals surface area contributed by atoms with Gasteiger partial charge in [-0.15, -0.1) is 0 Å². The number of hydrogen-bond donors (Lipinski definition) is 0. The maximum Gasteiger partial charge on any atom is 0.264 e. The lowest BCUT2D eigenvalue weighted by Gasteiger charge is -2.06. The van der Waals surface area contributed by atoms with Crippen LogP contribution in [0.5, 0.6) is 5.88 Å². The molecular formula is C19H19Cl2N3O2. The van der Waals surface area contributed by atoms with E-state index in [1.807, 2.05) is 6.92 Å². The lowest BCUT2D eigenvalue weighted by atomic mass is 10.1. The monoisotopic (exact) mass is 391 g/mol. The number of nitrogens with zero attached hydrogens (tertiary/aromatic N) is 3. The fourth-order valence-electron chi connectivity index (χ4n) is 2.98. The molecule has 0 bridgehead atoms. The number of aryl methyl sites for hydroxylation is 1. The Kier molecular flexibility index (Phi) is 5.00. The second kappa shape index (κ2) is 7.41. The second-order valence-electron chi connectivity index (χ2n) is 6.70. The molecule has 0 unspecified atom stereocenters. The summed E-state index contributed by atoms with van der Waals surface area (Å²) in [5.74, 6) is 1.98. The highest BCUT2D eigenvalue weighted by Crippen LogP contribution is 2.36. The zero-order chi connectivity index (χ0) is 18.1. The molecule has 136 valence electrons. The Bertz CT molecular complexity index is 938. The van der Waals surface area contributed by atoms with E-state index >= 15 is 0 Å². The summed E-state index contributed by atoms with van der Waals surface area (Å²) in [6, 6.07) is 5.23. The summed E-state index contributed by atoms with van der Waals surface area (Å²) >= 11 is 12.3. The van der Waals surface area contributed by atoms with E-state index in [-0.39, 0.29) is 0 Å². The number of aromatic nitrogens is 3. The smallest absolute Gasteiger partial charge is 0.264 e. The molecule has 7 heteroatoms. The van der Waals surface area contributed by atoms with Gasteiger partial charge in [-0.25, -0.2) is 4.98 Å². The summed E-state index contributed by atoms with van der Waals surface area (Å²) in [4.78, 5) is 8.84. The van der Waals surface area contributed by atoms with Crippen molar-refractivity contribution in [2.24, 2.45) is 5.92 Å². The van der Waals surface area contributed by atoms with Crippen LogP contribution in [0.25, 0.3) is 22.4 Å². The Hall–Kier alpha value is -1.85. The average Bonchev–Trinajstić information content (AvgIpc) is 3.33.